The van der Waals surface area contributed by atoms with E-state index in [1.165, 1.54) is 4.90 Å². The highest BCUT2D eigenvalue weighted by Gasteiger charge is 2.40. The first-order valence-corrected chi connectivity index (χ1v) is 9.20. The van der Waals surface area contributed by atoms with E-state index in [-0.39, 0.29) is 17.5 Å². The Bertz CT molecular complexity index is 1090. The zero-order valence-corrected chi connectivity index (χ0v) is 15.9. The van der Waals surface area contributed by atoms with E-state index in [2.05, 4.69) is 5.32 Å². The number of imide groups is 1. The lowest BCUT2D eigenvalue weighted by molar-refractivity contribution is -0.120. The number of halogens is 1. The molecule has 0 bridgehead atoms. The average Bonchev–Trinajstić information content (AvgIpc) is 2.93. The maximum absolute atomic E-state index is 13.2. The number of anilines is 2. The van der Waals surface area contributed by atoms with Gasteiger partial charge in [0.2, 0.25) is 0 Å². The van der Waals surface area contributed by atoms with E-state index in [0.29, 0.717) is 21.8 Å². The number of para-hydroxylation sites is 1. The smallest absolute Gasteiger partial charge is 0.282 e. The van der Waals surface area contributed by atoms with Crippen LogP contribution >= 0.6 is 11.6 Å². The van der Waals surface area contributed by atoms with Crippen LogP contribution in [0.15, 0.2) is 84.6 Å². The standard InChI is InChI=1S/C23H17ClN2O2/c1-15-6-5-7-18(14-15)25-21-20(16-10-12-17(24)13-11-16)22(27)26(23(21)28)19-8-3-2-4-9-19/h2-14,25H,1H3. The van der Waals surface area contributed by atoms with Crippen LogP contribution in [0.2, 0.25) is 5.02 Å². The van der Waals surface area contributed by atoms with E-state index in [1.54, 1.807) is 48.5 Å². The summed E-state index contributed by atoms with van der Waals surface area (Å²) in [7, 11) is 0. The summed E-state index contributed by atoms with van der Waals surface area (Å²) in [6, 6.07) is 23.5. The molecule has 5 heteroatoms. The summed E-state index contributed by atoms with van der Waals surface area (Å²) in [6.45, 7) is 1.97. The minimum atomic E-state index is -0.386. The number of carbonyl (C=O) groups is 2. The topological polar surface area (TPSA) is 49.4 Å². The van der Waals surface area contributed by atoms with Gasteiger partial charge in [0.1, 0.15) is 5.70 Å². The summed E-state index contributed by atoms with van der Waals surface area (Å²) in [5.41, 5.74) is 3.54. The molecule has 4 nitrogen and oxygen atoms in total. The molecule has 1 N–H and O–H groups in total. The number of nitrogens with one attached hydrogen (secondary N) is 1. The number of aryl methyl sites for hydroxylation is 1. The molecule has 0 saturated heterocycles. The molecule has 0 aromatic heterocycles. The zero-order valence-electron chi connectivity index (χ0n) is 15.1. The molecule has 3 aromatic rings. The first-order valence-electron chi connectivity index (χ1n) is 8.82. The Hall–Kier alpha value is -3.37. The molecule has 0 spiro atoms. The number of hydrogen-bond acceptors (Lipinski definition) is 3. The van der Waals surface area contributed by atoms with Crippen molar-refractivity contribution in [3.63, 3.8) is 0 Å². The molecule has 4 rings (SSSR count). The number of hydrogen-bond donors (Lipinski definition) is 1. The molecule has 1 heterocycles. The first-order chi connectivity index (χ1) is 13.5. The Morgan fingerprint density at radius 2 is 1.54 bits per heavy atom. The highest BCUT2D eigenvalue weighted by molar-refractivity contribution is 6.46. The summed E-state index contributed by atoms with van der Waals surface area (Å²) in [5, 5.41) is 3.72. The minimum Gasteiger partial charge on any atom is -0.350 e. The summed E-state index contributed by atoms with van der Waals surface area (Å²) in [5.74, 6) is -0.753. The third-order valence-corrected chi connectivity index (χ3v) is 4.77. The lowest BCUT2D eigenvalue weighted by Crippen LogP contribution is -2.32. The van der Waals surface area contributed by atoms with Crippen molar-refractivity contribution >= 4 is 40.4 Å². The third kappa shape index (κ3) is 3.30. The molecule has 0 atom stereocenters. The molecule has 1 aliphatic rings. The fourth-order valence-electron chi connectivity index (χ4n) is 3.21. The van der Waals surface area contributed by atoms with Gasteiger partial charge in [-0.2, -0.15) is 0 Å². The van der Waals surface area contributed by atoms with Crippen molar-refractivity contribution in [2.75, 3.05) is 10.2 Å². The predicted molar refractivity (Wildman–Crippen MR) is 112 cm³/mol. The maximum Gasteiger partial charge on any atom is 0.282 e. The predicted octanol–water partition coefficient (Wildman–Crippen LogP) is 5.05. The van der Waals surface area contributed by atoms with Crippen molar-refractivity contribution in [1.82, 2.24) is 0 Å². The summed E-state index contributed by atoms with van der Waals surface area (Å²) >= 11 is 6.00. The molecule has 0 radical (unpaired) electrons. The van der Waals surface area contributed by atoms with Crippen LogP contribution < -0.4 is 10.2 Å². The molecule has 0 saturated carbocycles. The van der Waals surface area contributed by atoms with Gasteiger partial charge in [-0.3, -0.25) is 9.59 Å². The van der Waals surface area contributed by atoms with Crippen LogP contribution in [0.4, 0.5) is 11.4 Å². The van der Waals surface area contributed by atoms with Crippen molar-refractivity contribution < 1.29 is 9.59 Å². The molecule has 1 aliphatic heterocycles. The Balaban J connectivity index is 1.83. The van der Waals surface area contributed by atoms with Gasteiger partial charge in [-0.05, 0) is 54.4 Å². The van der Waals surface area contributed by atoms with Gasteiger partial charge in [-0.1, -0.05) is 54.1 Å². The number of carbonyl (C=O) groups excluding carboxylic acids is 2. The Kier molecular flexibility index (Phi) is 4.72. The van der Waals surface area contributed by atoms with Gasteiger partial charge >= 0.3 is 0 Å². The van der Waals surface area contributed by atoms with Crippen LogP contribution in [0, 0.1) is 6.92 Å². The second-order valence-corrected chi connectivity index (χ2v) is 6.97. The molecule has 28 heavy (non-hydrogen) atoms. The SMILES string of the molecule is Cc1cccc(NC2=C(c3ccc(Cl)cc3)C(=O)N(c3ccccc3)C2=O)c1. The normalized spacial score (nSPS) is 14.0. The zero-order chi connectivity index (χ0) is 19.7. The first kappa shape index (κ1) is 18.0. The average molecular weight is 389 g/mol. The van der Waals surface area contributed by atoms with Crippen LogP contribution in [0.1, 0.15) is 11.1 Å². The van der Waals surface area contributed by atoms with E-state index in [0.717, 1.165) is 11.3 Å². The number of benzene rings is 3. The molecule has 0 unspecified atom stereocenters. The van der Waals surface area contributed by atoms with Gasteiger partial charge in [0.05, 0.1) is 11.3 Å². The Morgan fingerprint density at radius 3 is 2.21 bits per heavy atom. The number of nitrogens with zero attached hydrogens (tertiary/aromatic N) is 1. The molecular formula is C23H17ClN2O2. The fraction of sp³-hybridized carbons (Fsp3) is 0.0435. The van der Waals surface area contributed by atoms with E-state index in [9.17, 15) is 9.59 Å². The van der Waals surface area contributed by atoms with Gasteiger partial charge in [0, 0.05) is 10.7 Å². The van der Waals surface area contributed by atoms with Crippen molar-refractivity contribution in [3.05, 3.63) is 101 Å². The van der Waals surface area contributed by atoms with Gasteiger partial charge in [0.25, 0.3) is 11.8 Å². The van der Waals surface area contributed by atoms with Gasteiger partial charge in [-0.25, -0.2) is 4.90 Å². The Labute approximate surface area is 168 Å². The van der Waals surface area contributed by atoms with E-state index < -0.39 is 0 Å². The van der Waals surface area contributed by atoms with Crippen molar-refractivity contribution in [1.29, 1.82) is 0 Å². The maximum atomic E-state index is 13.2. The molecule has 138 valence electrons. The largest absolute Gasteiger partial charge is 0.350 e. The highest BCUT2D eigenvalue weighted by Crippen LogP contribution is 2.34. The Morgan fingerprint density at radius 1 is 0.821 bits per heavy atom. The van der Waals surface area contributed by atoms with Crippen LogP contribution in [0.25, 0.3) is 5.57 Å². The lowest BCUT2D eigenvalue weighted by atomic mass is 10.0. The quantitative estimate of drug-likeness (QED) is 0.636. The monoisotopic (exact) mass is 388 g/mol. The van der Waals surface area contributed by atoms with Crippen LogP contribution in [-0.2, 0) is 9.59 Å². The van der Waals surface area contributed by atoms with Crippen molar-refractivity contribution in [2.45, 2.75) is 6.92 Å². The highest BCUT2D eigenvalue weighted by atomic mass is 35.5. The van der Waals surface area contributed by atoms with Gasteiger partial charge < -0.3 is 5.32 Å². The summed E-state index contributed by atoms with van der Waals surface area (Å²) in [6.07, 6.45) is 0. The summed E-state index contributed by atoms with van der Waals surface area (Å²) < 4.78 is 0. The third-order valence-electron chi connectivity index (χ3n) is 4.52. The fourth-order valence-corrected chi connectivity index (χ4v) is 3.33. The van der Waals surface area contributed by atoms with E-state index in [4.69, 9.17) is 11.6 Å². The van der Waals surface area contributed by atoms with Crippen LogP contribution in [0.5, 0.6) is 0 Å². The molecular weight excluding hydrogens is 372 g/mol. The number of amides is 2. The summed E-state index contributed by atoms with van der Waals surface area (Å²) in [4.78, 5) is 27.7. The van der Waals surface area contributed by atoms with E-state index in [1.807, 2.05) is 37.3 Å². The van der Waals surface area contributed by atoms with Gasteiger partial charge in [0.15, 0.2) is 0 Å². The molecule has 2 amide bonds. The van der Waals surface area contributed by atoms with Crippen molar-refractivity contribution in [2.24, 2.45) is 0 Å². The van der Waals surface area contributed by atoms with Crippen LogP contribution in [-0.4, -0.2) is 11.8 Å². The second kappa shape index (κ2) is 7.33. The molecule has 0 aliphatic carbocycles. The minimum absolute atomic E-state index is 0.252. The van der Waals surface area contributed by atoms with Gasteiger partial charge in [-0.15, -0.1) is 0 Å². The molecule has 0 fully saturated rings. The number of rotatable bonds is 4. The van der Waals surface area contributed by atoms with E-state index >= 15 is 0 Å². The van der Waals surface area contributed by atoms with Crippen molar-refractivity contribution in [3.8, 4) is 0 Å². The van der Waals surface area contributed by atoms with Crippen LogP contribution in [0.3, 0.4) is 0 Å². The second-order valence-electron chi connectivity index (χ2n) is 6.53. The molecule has 3 aromatic carbocycles. The lowest BCUT2D eigenvalue weighted by Gasteiger charge is -2.15.